The number of halogens is 3. The van der Waals surface area contributed by atoms with Crippen LogP contribution in [0.5, 0.6) is 0 Å². The van der Waals surface area contributed by atoms with Crippen molar-refractivity contribution in [2.24, 2.45) is 17.6 Å². The van der Waals surface area contributed by atoms with Gasteiger partial charge in [-0.05, 0) is 19.8 Å². The molecular weight excluding hydrogens is 401 g/mol. The number of nitrogens with one attached hydrogen (secondary N) is 1. The maximum absolute atomic E-state index is 11.6. The molecule has 1 amide bonds. The zero-order chi connectivity index (χ0) is 23.2. The maximum atomic E-state index is 11.6. The van der Waals surface area contributed by atoms with E-state index < -0.39 is 53.7 Å². The number of aliphatic carboxylic acids is 2. The van der Waals surface area contributed by atoms with Crippen LogP contribution >= 0.6 is 0 Å². The first kappa shape index (κ1) is 27.1. The summed E-state index contributed by atoms with van der Waals surface area (Å²) in [5.41, 5.74) is 5.37. The summed E-state index contributed by atoms with van der Waals surface area (Å²) in [7, 11) is 1.55. The van der Waals surface area contributed by atoms with Crippen LogP contribution in [-0.2, 0) is 19.1 Å². The number of aliphatic hydroxyl groups excluding tert-OH is 1. The summed E-state index contributed by atoms with van der Waals surface area (Å²) < 4.78 is 37.4. The van der Waals surface area contributed by atoms with Gasteiger partial charge in [0.05, 0.1) is 23.7 Å². The molecule has 0 aromatic rings. The van der Waals surface area contributed by atoms with Crippen LogP contribution in [0.3, 0.4) is 0 Å². The number of carboxylic acids is 2. The van der Waals surface area contributed by atoms with E-state index in [1.165, 1.54) is 6.92 Å². The Labute approximate surface area is 166 Å². The Hall–Kier alpha value is -1.92. The first-order valence-corrected chi connectivity index (χ1v) is 8.91. The Balaban J connectivity index is 0.000000956. The molecule has 1 aliphatic carbocycles. The van der Waals surface area contributed by atoms with Crippen LogP contribution in [0.1, 0.15) is 40.0 Å². The minimum Gasteiger partial charge on any atom is -0.481 e. The van der Waals surface area contributed by atoms with E-state index >= 15 is 0 Å². The van der Waals surface area contributed by atoms with Crippen LogP contribution in [0, 0.1) is 11.8 Å². The lowest BCUT2D eigenvalue weighted by atomic mass is 9.78. The van der Waals surface area contributed by atoms with Crippen molar-refractivity contribution < 1.29 is 47.6 Å². The number of alkyl halides is 3. The van der Waals surface area contributed by atoms with Gasteiger partial charge in [-0.1, -0.05) is 13.3 Å². The highest BCUT2D eigenvalue weighted by Gasteiger charge is 2.52. The molecule has 0 spiro atoms. The third kappa shape index (κ3) is 7.44. The van der Waals surface area contributed by atoms with Crippen LogP contribution < -0.4 is 11.1 Å². The molecule has 6 atom stereocenters. The zero-order valence-electron chi connectivity index (χ0n) is 16.7. The molecule has 0 heterocycles. The van der Waals surface area contributed by atoms with Crippen LogP contribution in [-0.4, -0.2) is 70.2 Å². The number of nitrogens with two attached hydrogens (primary N) is 1. The molecule has 0 aliphatic heterocycles. The highest BCUT2D eigenvalue weighted by molar-refractivity contribution is 5.74. The van der Waals surface area contributed by atoms with Gasteiger partial charge < -0.3 is 31.1 Å². The van der Waals surface area contributed by atoms with E-state index in [9.17, 15) is 33.0 Å². The molecule has 0 aromatic carbocycles. The molecule has 0 bridgehead atoms. The smallest absolute Gasteiger partial charge is 0.481 e. The molecule has 29 heavy (non-hydrogen) atoms. The lowest BCUT2D eigenvalue weighted by molar-refractivity contribution is -0.192. The molecular formula is C17H29F3N2O7. The molecule has 1 aliphatic rings. The summed E-state index contributed by atoms with van der Waals surface area (Å²) >= 11 is 0. The third-order valence-electron chi connectivity index (χ3n) is 5.00. The summed E-state index contributed by atoms with van der Waals surface area (Å²) in [4.78, 5) is 31.8. The number of hydrogen-bond acceptors (Lipinski definition) is 6. The second kappa shape index (κ2) is 10.7. The number of methoxy groups -OCH3 is 1. The largest absolute Gasteiger partial charge is 0.490 e. The van der Waals surface area contributed by atoms with Crippen molar-refractivity contribution in [3.63, 3.8) is 0 Å². The Bertz CT molecular complexity index is 588. The van der Waals surface area contributed by atoms with Crippen LogP contribution in [0.2, 0.25) is 0 Å². The standard InChI is InChI=1S/C15H28N2O5.C2HF3O2/c1-5-6-15(3,22-4)13(17-8(2)18)11-10(16)7-9(12(11)19)14(20)21;3-2(4,5)1(6)7/h9-13,19H,5-7,16H2,1-4H3,(H,17,18)(H,20,21);(H,6,7). The van der Waals surface area contributed by atoms with Crippen molar-refractivity contribution in [3.05, 3.63) is 0 Å². The van der Waals surface area contributed by atoms with Gasteiger partial charge in [0.25, 0.3) is 0 Å². The van der Waals surface area contributed by atoms with Crippen molar-refractivity contribution in [1.82, 2.24) is 5.32 Å². The number of amides is 1. The average molecular weight is 430 g/mol. The third-order valence-corrected chi connectivity index (χ3v) is 5.00. The van der Waals surface area contributed by atoms with E-state index in [0.29, 0.717) is 6.42 Å². The monoisotopic (exact) mass is 430 g/mol. The fourth-order valence-electron chi connectivity index (χ4n) is 3.56. The summed E-state index contributed by atoms with van der Waals surface area (Å²) in [5.74, 6) is -5.57. The van der Waals surface area contributed by atoms with Gasteiger partial charge in [-0.15, -0.1) is 0 Å². The van der Waals surface area contributed by atoms with E-state index in [1.807, 2.05) is 13.8 Å². The van der Waals surface area contributed by atoms with Gasteiger partial charge in [0.15, 0.2) is 0 Å². The minimum absolute atomic E-state index is 0.184. The normalized spacial score (nSPS) is 27.2. The van der Waals surface area contributed by atoms with Gasteiger partial charge in [-0.2, -0.15) is 13.2 Å². The lowest BCUT2D eigenvalue weighted by Gasteiger charge is -2.42. The summed E-state index contributed by atoms with van der Waals surface area (Å²) in [6, 6.07) is -1.07. The van der Waals surface area contributed by atoms with Gasteiger partial charge in [-0.3, -0.25) is 9.59 Å². The first-order chi connectivity index (χ1) is 13.1. The molecule has 1 saturated carbocycles. The van der Waals surface area contributed by atoms with Crippen molar-refractivity contribution in [2.45, 2.75) is 70.0 Å². The van der Waals surface area contributed by atoms with Crippen LogP contribution in [0.15, 0.2) is 0 Å². The average Bonchev–Trinajstić information content (AvgIpc) is 2.87. The number of carbonyl (C=O) groups is 3. The number of hydrogen-bond donors (Lipinski definition) is 5. The fraction of sp³-hybridized carbons (Fsp3) is 0.824. The maximum Gasteiger partial charge on any atom is 0.490 e. The summed E-state index contributed by atoms with van der Waals surface area (Å²) in [6.07, 6.45) is -4.54. The molecule has 0 radical (unpaired) electrons. The summed E-state index contributed by atoms with van der Waals surface area (Å²) in [5, 5.41) is 29.6. The molecule has 9 nitrogen and oxygen atoms in total. The number of carbonyl (C=O) groups excluding carboxylic acids is 1. The van der Waals surface area contributed by atoms with Gasteiger partial charge in [0.1, 0.15) is 0 Å². The molecule has 6 N–H and O–H groups in total. The number of aliphatic hydroxyl groups is 1. The van der Waals surface area contributed by atoms with Crippen LogP contribution in [0.25, 0.3) is 0 Å². The molecule has 1 fully saturated rings. The van der Waals surface area contributed by atoms with E-state index in [0.717, 1.165) is 6.42 Å². The van der Waals surface area contributed by atoms with Gasteiger partial charge >= 0.3 is 18.1 Å². The predicted octanol–water partition coefficient (Wildman–Crippen LogP) is 0.739. The highest BCUT2D eigenvalue weighted by Crippen LogP contribution is 2.38. The zero-order valence-corrected chi connectivity index (χ0v) is 16.7. The quantitative estimate of drug-likeness (QED) is 0.395. The first-order valence-electron chi connectivity index (χ1n) is 8.91. The Morgan fingerprint density at radius 1 is 1.28 bits per heavy atom. The van der Waals surface area contributed by atoms with E-state index in [-0.39, 0.29) is 12.3 Å². The SMILES string of the molecule is CCCC(C)(OC)C(NC(C)=O)C1C(N)CC(C(=O)O)C1O.O=C(O)C(F)(F)F. The molecule has 170 valence electrons. The highest BCUT2D eigenvalue weighted by atomic mass is 19.4. The van der Waals surface area contributed by atoms with E-state index in [4.69, 9.17) is 20.4 Å². The molecule has 1 rings (SSSR count). The Morgan fingerprint density at radius 2 is 1.76 bits per heavy atom. The second-order valence-corrected chi connectivity index (χ2v) is 7.16. The number of rotatable bonds is 7. The number of ether oxygens (including phenoxy) is 1. The van der Waals surface area contributed by atoms with Gasteiger partial charge in [0.2, 0.25) is 5.91 Å². The minimum atomic E-state index is -5.08. The molecule has 0 aromatic heterocycles. The van der Waals surface area contributed by atoms with Gasteiger partial charge in [0, 0.05) is 26.0 Å². The molecule has 6 unspecified atom stereocenters. The molecule has 12 heteroatoms. The predicted molar refractivity (Wildman–Crippen MR) is 94.8 cm³/mol. The lowest BCUT2D eigenvalue weighted by Crippen LogP contribution is -2.60. The molecule has 0 saturated heterocycles. The Kier molecular flexibility index (Phi) is 10.0. The second-order valence-electron chi connectivity index (χ2n) is 7.16. The van der Waals surface area contributed by atoms with E-state index in [2.05, 4.69) is 5.32 Å². The Morgan fingerprint density at radius 3 is 2.03 bits per heavy atom. The summed E-state index contributed by atoms with van der Waals surface area (Å²) in [6.45, 7) is 5.23. The topological polar surface area (TPSA) is 159 Å². The van der Waals surface area contributed by atoms with Gasteiger partial charge in [-0.25, -0.2) is 4.79 Å². The van der Waals surface area contributed by atoms with Crippen LogP contribution in [0.4, 0.5) is 13.2 Å². The van der Waals surface area contributed by atoms with E-state index in [1.54, 1.807) is 7.11 Å². The van der Waals surface area contributed by atoms with Crippen molar-refractivity contribution in [2.75, 3.05) is 7.11 Å². The van der Waals surface area contributed by atoms with Crippen molar-refractivity contribution in [3.8, 4) is 0 Å². The van der Waals surface area contributed by atoms with Crippen molar-refractivity contribution >= 4 is 17.8 Å². The fourth-order valence-corrected chi connectivity index (χ4v) is 3.56. The van der Waals surface area contributed by atoms with Crippen molar-refractivity contribution in [1.29, 1.82) is 0 Å². The number of carboxylic acid groups (broad SMARTS) is 2.